The molecule has 0 atom stereocenters. The predicted octanol–water partition coefficient (Wildman–Crippen LogP) is 3.85. The summed E-state index contributed by atoms with van der Waals surface area (Å²) < 4.78 is 11.2. The summed E-state index contributed by atoms with van der Waals surface area (Å²) in [6.45, 7) is 6.82. The van der Waals surface area contributed by atoms with Crippen molar-refractivity contribution in [1.82, 2.24) is 14.9 Å². The van der Waals surface area contributed by atoms with E-state index in [2.05, 4.69) is 36.8 Å². The third-order valence-electron chi connectivity index (χ3n) is 5.71. The minimum absolute atomic E-state index is 0.0663. The first-order chi connectivity index (χ1) is 16.8. The summed E-state index contributed by atoms with van der Waals surface area (Å²) >= 11 is 0. The van der Waals surface area contributed by atoms with Crippen LogP contribution >= 0.6 is 0 Å². The Hall–Kier alpha value is -4.19. The Balaban J connectivity index is 1.55. The molecule has 1 aliphatic rings. The van der Waals surface area contributed by atoms with E-state index in [1.807, 2.05) is 24.3 Å². The molecule has 1 aliphatic heterocycles. The second-order valence-corrected chi connectivity index (χ2v) is 9.32. The zero-order valence-corrected chi connectivity index (χ0v) is 20.0. The molecule has 9 nitrogen and oxygen atoms in total. The van der Waals surface area contributed by atoms with Crippen LogP contribution in [-0.4, -0.2) is 39.8 Å². The summed E-state index contributed by atoms with van der Waals surface area (Å²) in [5, 5.41) is 9.01. The zero-order chi connectivity index (χ0) is 25.0. The second-order valence-electron chi connectivity index (χ2n) is 9.32. The molecule has 0 unspecified atom stereocenters. The molecule has 0 N–H and O–H groups in total. The lowest BCUT2D eigenvalue weighted by atomic mass is 9.86. The topological polar surface area (TPSA) is 113 Å². The van der Waals surface area contributed by atoms with Crippen molar-refractivity contribution in [3.63, 3.8) is 0 Å². The highest BCUT2D eigenvalue weighted by molar-refractivity contribution is 5.98. The van der Waals surface area contributed by atoms with E-state index < -0.39 is 0 Å². The van der Waals surface area contributed by atoms with Crippen LogP contribution in [0.1, 0.15) is 54.7 Å². The van der Waals surface area contributed by atoms with Crippen LogP contribution in [-0.2, 0) is 23.3 Å². The number of oxazole rings is 1. The van der Waals surface area contributed by atoms with Crippen molar-refractivity contribution < 1.29 is 18.7 Å². The average molecular weight is 474 g/mol. The van der Waals surface area contributed by atoms with Gasteiger partial charge in [-0.15, -0.1) is 0 Å². The van der Waals surface area contributed by atoms with Crippen LogP contribution < -0.4 is 9.64 Å². The molecule has 180 valence electrons. The molecule has 0 fully saturated rings. The first kappa shape index (κ1) is 24.0. The first-order valence-corrected chi connectivity index (χ1v) is 11.3. The van der Waals surface area contributed by atoms with Gasteiger partial charge in [0.1, 0.15) is 18.6 Å². The lowest BCUT2D eigenvalue weighted by Gasteiger charge is -2.30. The van der Waals surface area contributed by atoms with Crippen molar-refractivity contribution in [1.29, 1.82) is 5.26 Å². The molecule has 9 heteroatoms. The number of benzene rings is 1. The highest BCUT2D eigenvalue weighted by atomic mass is 16.5. The number of nitrogens with zero attached hydrogens (tertiary/aromatic N) is 5. The van der Waals surface area contributed by atoms with Gasteiger partial charge in [-0.1, -0.05) is 32.9 Å². The number of ether oxygens (including phenoxy) is 1. The number of aromatic nitrogens is 2. The van der Waals surface area contributed by atoms with Gasteiger partial charge in [0.05, 0.1) is 18.2 Å². The van der Waals surface area contributed by atoms with Crippen LogP contribution in [0.2, 0.25) is 0 Å². The van der Waals surface area contributed by atoms with Gasteiger partial charge in [0.2, 0.25) is 5.89 Å². The SMILES string of the molecule is CC(C)(C)c1ccc2c(c1)N(Cc1nc(C(=O)N(CCC#N)Cc3cccnc3)co1)C(=O)CO2. The lowest BCUT2D eigenvalue weighted by Crippen LogP contribution is -2.38. The summed E-state index contributed by atoms with van der Waals surface area (Å²) in [5.41, 5.74) is 2.56. The number of rotatable bonds is 7. The van der Waals surface area contributed by atoms with E-state index >= 15 is 0 Å². The number of carbonyl (C=O) groups excluding carboxylic acids is 2. The molecule has 35 heavy (non-hydrogen) atoms. The average Bonchev–Trinajstić information content (AvgIpc) is 3.31. The maximum Gasteiger partial charge on any atom is 0.276 e. The summed E-state index contributed by atoms with van der Waals surface area (Å²) in [6, 6.07) is 11.5. The molecule has 0 spiro atoms. The molecule has 3 heterocycles. The molecule has 0 saturated heterocycles. The molecule has 0 saturated carbocycles. The normalized spacial score (nSPS) is 13.1. The standard InChI is InChI=1S/C26H27N5O4/c1-26(2,3)19-7-8-22-21(12-19)31(24(32)17-34-22)15-23-29-20(16-35-23)25(33)30(11-5-9-27)14-18-6-4-10-28-13-18/h4,6-8,10,12-13,16H,5,11,14-15,17H2,1-3H3. The van der Waals surface area contributed by atoms with Crippen molar-refractivity contribution >= 4 is 17.5 Å². The first-order valence-electron chi connectivity index (χ1n) is 11.3. The van der Waals surface area contributed by atoms with Crippen LogP contribution in [0.5, 0.6) is 5.75 Å². The maximum absolute atomic E-state index is 13.2. The third kappa shape index (κ3) is 5.49. The Kier molecular flexibility index (Phi) is 6.82. The second kappa shape index (κ2) is 9.97. The summed E-state index contributed by atoms with van der Waals surface area (Å²) in [7, 11) is 0. The van der Waals surface area contributed by atoms with Crippen LogP contribution in [0.15, 0.2) is 53.4 Å². The Bertz CT molecular complexity index is 1260. The van der Waals surface area contributed by atoms with Gasteiger partial charge < -0.3 is 14.1 Å². The molecule has 3 aromatic rings. The fourth-order valence-electron chi connectivity index (χ4n) is 3.77. The molecule has 1 aromatic carbocycles. The van der Waals surface area contributed by atoms with Gasteiger partial charge in [-0.2, -0.15) is 5.26 Å². The Morgan fingerprint density at radius 1 is 1.29 bits per heavy atom. The predicted molar refractivity (Wildman–Crippen MR) is 128 cm³/mol. The Morgan fingerprint density at radius 3 is 2.83 bits per heavy atom. The smallest absolute Gasteiger partial charge is 0.276 e. The summed E-state index contributed by atoms with van der Waals surface area (Å²) in [5.74, 6) is 0.265. The molecule has 0 aliphatic carbocycles. The van der Waals surface area contributed by atoms with Gasteiger partial charge in [0.25, 0.3) is 11.8 Å². The van der Waals surface area contributed by atoms with E-state index in [4.69, 9.17) is 14.4 Å². The molecule has 0 bridgehead atoms. The number of carbonyl (C=O) groups is 2. The van der Waals surface area contributed by atoms with E-state index in [9.17, 15) is 9.59 Å². The minimum atomic E-state index is -0.358. The van der Waals surface area contributed by atoms with E-state index in [0.717, 1.165) is 11.1 Å². The lowest BCUT2D eigenvalue weighted by molar-refractivity contribution is -0.121. The summed E-state index contributed by atoms with van der Waals surface area (Å²) in [4.78, 5) is 37.4. The van der Waals surface area contributed by atoms with Gasteiger partial charge in [-0.05, 0) is 34.7 Å². The highest BCUT2D eigenvalue weighted by Gasteiger charge is 2.29. The fraction of sp³-hybridized carbons (Fsp3) is 0.346. The quantitative estimate of drug-likeness (QED) is 0.512. The minimum Gasteiger partial charge on any atom is -0.482 e. The van der Waals surface area contributed by atoms with Crippen LogP contribution in [0.25, 0.3) is 0 Å². The molecule has 2 aromatic heterocycles. The van der Waals surface area contributed by atoms with E-state index in [1.54, 1.807) is 23.4 Å². The van der Waals surface area contributed by atoms with Gasteiger partial charge in [-0.25, -0.2) is 4.98 Å². The number of hydrogen-bond acceptors (Lipinski definition) is 7. The van der Waals surface area contributed by atoms with Crippen molar-refractivity contribution in [2.24, 2.45) is 0 Å². The zero-order valence-electron chi connectivity index (χ0n) is 20.0. The monoisotopic (exact) mass is 473 g/mol. The van der Waals surface area contributed by atoms with Crippen molar-refractivity contribution in [2.45, 2.75) is 45.7 Å². The Morgan fingerprint density at radius 2 is 2.11 bits per heavy atom. The van der Waals surface area contributed by atoms with Crippen molar-refractivity contribution in [2.75, 3.05) is 18.1 Å². The van der Waals surface area contributed by atoms with Gasteiger partial charge in [0, 0.05) is 25.5 Å². The number of anilines is 1. The van der Waals surface area contributed by atoms with E-state index in [-0.39, 0.29) is 54.9 Å². The van der Waals surface area contributed by atoms with Crippen LogP contribution in [0.4, 0.5) is 5.69 Å². The third-order valence-corrected chi connectivity index (χ3v) is 5.71. The number of pyridine rings is 1. The van der Waals surface area contributed by atoms with Gasteiger partial charge >= 0.3 is 0 Å². The maximum atomic E-state index is 13.2. The van der Waals surface area contributed by atoms with Crippen molar-refractivity contribution in [3.8, 4) is 11.8 Å². The molecule has 4 rings (SSSR count). The number of nitriles is 1. The molecular formula is C26H27N5O4. The summed E-state index contributed by atoms with van der Waals surface area (Å²) in [6.07, 6.45) is 4.81. The number of fused-ring (bicyclic) bond motifs is 1. The number of amides is 2. The van der Waals surface area contributed by atoms with Gasteiger partial charge in [0.15, 0.2) is 12.3 Å². The van der Waals surface area contributed by atoms with Crippen LogP contribution in [0, 0.1) is 11.3 Å². The van der Waals surface area contributed by atoms with E-state index in [0.29, 0.717) is 18.0 Å². The largest absolute Gasteiger partial charge is 0.482 e. The number of hydrogen-bond donors (Lipinski definition) is 0. The molecular weight excluding hydrogens is 446 g/mol. The molecule has 2 amide bonds. The van der Waals surface area contributed by atoms with Crippen LogP contribution in [0.3, 0.4) is 0 Å². The molecule has 0 radical (unpaired) electrons. The Labute approximate surface area is 204 Å². The van der Waals surface area contributed by atoms with Gasteiger partial charge in [-0.3, -0.25) is 19.5 Å². The highest BCUT2D eigenvalue weighted by Crippen LogP contribution is 2.37. The van der Waals surface area contributed by atoms with E-state index in [1.165, 1.54) is 11.2 Å². The fourth-order valence-corrected chi connectivity index (χ4v) is 3.77. The van der Waals surface area contributed by atoms with Crippen molar-refractivity contribution in [3.05, 3.63) is 71.7 Å².